The number of hydrogen-bond donors (Lipinski definition) is 0. The molecule has 6 nitrogen and oxygen atoms in total. The maximum atomic E-state index is 13.2. The van der Waals surface area contributed by atoms with Gasteiger partial charge in [-0.1, -0.05) is 18.2 Å². The van der Waals surface area contributed by atoms with Crippen molar-refractivity contribution >= 4 is 11.6 Å². The predicted molar refractivity (Wildman–Crippen MR) is 98.2 cm³/mol. The van der Waals surface area contributed by atoms with Crippen molar-refractivity contribution in [3.63, 3.8) is 0 Å². The number of benzene rings is 2. The number of hydrogen-bond acceptors (Lipinski definition) is 4. The first-order valence-electron chi connectivity index (χ1n) is 8.42. The maximum absolute atomic E-state index is 13.2. The van der Waals surface area contributed by atoms with Crippen molar-refractivity contribution in [1.82, 2.24) is 9.78 Å². The number of nitrogens with zero attached hydrogens (tertiary/aromatic N) is 3. The molecule has 1 amide bonds. The first-order chi connectivity index (χ1) is 13.1. The first-order valence-corrected chi connectivity index (χ1v) is 8.42. The van der Waals surface area contributed by atoms with Crippen molar-refractivity contribution in [2.24, 2.45) is 0 Å². The molecule has 0 N–H and O–H groups in total. The van der Waals surface area contributed by atoms with Crippen LogP contribution in [0.5, 0.6) is 5.75 Å². The number of halogens is 1. The van der Waals surface area contributed by atoms with Gasteiger partial charge in [0.25, 0.3) is 11.5 Å². The number of carbonyl (C=O) groups excluding carboxylic acids is 1. The highest BCUT2D eigenvalue weighted by atomic mass is 19.1. The zero-order chi connectivity index (χ0) is 19.0. The van der Waals surface area contributed by atoms with Gasteiger partial charge in [0.15, 0.2) is 11.4 Å². The average molecular weight is 365 g/mol. The third-order valence-electron chi connectivity index (χ3n) is 4.52. The van der Waals surface area contributed by atoms with E-state index in [-0.39, 0.29) is 17.4 Å². The van der Waals surface area contributed by atoms with Gasteiger partial charge in [0, 0.05) is 12.2 Å². The monoisotopic (exact) mass is 365 g/mol. The summed E-state index contributed by atoms with van der Waals surface area (Å²) in [5.41, 5.74) is 1.82. The molecule has 0 saturated heterocycles. The molecule has 0 spiro atoms. The van der Waals surface area contributed by atoms with E-state index >= 15 is 0 Å². The number of methoxy groups -OCH3 is 1. The van der Waals surface area contributed by atoms with Crippen LogP contribution >= 0.6 is 0 Å². The van der Waals surface area contributed by atoms with Crippen molar-refractivity contribution in [2.45, 2.75) is 6.42 Å². The summed E-state index contributed by atoms with van der Waals surface area (Å²) in [6.45, 7) is 0.526. The van der Waals surface area contributed by atoms with Gasteiger partial charge in [-0.15, -0.1) is 0 Å². The molecule has 0 aliphatic carbocycles. The Morgan fingerprint density at radius 3 is 2.63 bits per heavy atom. The van der Waals surface area contributed by atoms with Gasteiger partial charge in [-0.25, -0.2) is 4.39 Å². The topological polar surface area (TPSA) is 64.4 Å². The van der Waals surface area contributed by atoms with Gasteiger partial charge < -0.3 is 9.64 Å². The maximum Gasteiger partial charge on any atom is 0.282 e. The quantitative estimate of drug-likeness (QED) is 0.716. The lowest BCUT2D eigenvalue weighted by Crippen LogP contribution is -2.33. The number of rotatable bonds is 3. The summed E-state index contributed by atoms with van der Waals surface area (Å²) in [6, 6.07) is 14.2. The van der Waals surface area contributed by atoms with E-state index in [1.165, 1.54) is 37.4 Å². The second-order valence-electron chi connectivity index (χ2n) is 6.12. The van der Waals surface area contributed by atoms with Gasteiger partial charge in [0.1, 0.15) is 5.82 Å². The van der Waals surface area contributed by atoms with E-state index in [1.807, 2.05) is 24.3 Å². The molecular weight excluding hydrogens is 349 g/mol. The number of aromatic nitrogens is 2. The fraction of sp³-hybridized carbons (Fsp3) is 0.150. The van der Waals surface area contributed by atoms with E-state index in [0.29, 0.717) is 12.2 Å². The summed E-state index contributed by atoms with van der Waals surface area (Å²) in [5, 5.41) is 4.23. The van der Waals surface area contributed by atoms with E-state index < -0.39 is 11.4 Å². The van der Waals surface area contributed by atoms with Crippen LogP contribution in [0, 0.1) is 5.82 Å². The second kappa shape index (κ2) is 6.68. The van der Waals surface area contributed by atoms with Crippen molar-refractivity contribution in [3.05, 3.63) is 82.0 Å². The van der Waals surface area contributed by atoms with E-state index in [2.05, 4.69) is 5.10 Å². The van der Waals surface area contributed by atoms with Crippen LogP contribution in [0.25, 0.3) is 5.69 Å². The molecule has 2 heterocycles. The number of carbonyl (C=O) groups is 1. The standard InChI is InChI=1S/C20H16FN3O3/c1-27-17-12-18(25)24(15-8-6-14(21)7-9-15)22-19(17)20(26)23-11-10-13-4-2-3-5-16(13)23/h2-9,12H,10-11H2,1H3. The molecule has 0 unspecified atom stereocenters. The van der Waals surface area contributed by atoms with Gasteiger partial charge in [-0.3, -0.25) is 9.59 Å². The summed E-state index contributed by atoms with van der Waals surface area (Å²) in [7, 11) is 1.38. The Hall–Kier alpha value is -3.48. The number of fused-ring (bicyclic) bond motifs is 1. The van der Waals surface area contributed by atoms with Gasteiger partial charge in [0.2, 0.25) is 0 Å². The fourth-order valence-corrected chi connectivity index (χ4v) is 3.19. The lowest BCUT2D eigenvalue weighted by atomic mass is 10.2. The molecular formula is C20H16FN3O3. The first kappa shape index (κ1) is 17.0. The number of anilines is 1. The molecule has 1 aromatic heterocycles. The third kappa shape index (κ3) is 2.97. The summed E-state index contributed by atoms with van der Waals surface area (Å²) < 4.78 is 19.5. The van der Waals surface area contributed by atoms with Crippen molar-refractivity contribution in [3.8, 4) is 11.4 Å². The average Bonchev–Trinajstić information content (AvgIpc) is 3.12. The van der Waals surface area contributed by atoms with Crippen LogP contribution in [0.2, 0.25) is 0 Å². The van der Waals surface area contributed by atoms with Gasteiger partial charge >= 0.3 is 0 Å². The Labute approximate surface area is 154 Å². The van der Waals surface area contributed by atoms with Crippen molar-refractivity contribution in [2.75, 3.05) is 18.6 Å². The largest absolute Gasteiger partial charge is 0.494 e. The van der Waals surface area contributed by atoms with Crippen molar-refractivity contribution in [1.29, 1.82) is 0 Å². The lowest BCUT2D eigenvalue weighted by molar-refractivity contribution is 0.0979. The Morgan fingerprint density at radius 1 is 1.15 bits per heavy atom. The fourth-order valence-electron chi connectivity index (χ4n) is 3.19. The summed E-state index contributed by atoms with van der Waals surface area (Å²) >= 11 is 0. The molecule has 0 atom stereocenters. The molecule has 3 aromatic rings. The Bertz CT molecular complexity index is 1080. The van der Waals surface area contributed by atoms with E-state index in [0.717, 1.165) is 22.4 Å². The molecule has 1 aliphatic heterocycles. The third-order valence-corrected chi connectivity index (χ3v) is 4.52. The zero-order valence-corrected chi connectivity index (χ0v) is 14.6. The Balaban J connectivity index is 1.80. The number of amides is 1. The minimum atomic E-state index is -0.475. The van der Waals surface area contributed by atoms with E-state index in [9.17, 15) is 14.0 Å². The molecule has 0 bridgehead atoms. The molecule has 136 valence electrons. The van der Waals surface area contributed by atoms with E-state index in [4.69, 9.17) is 4.74 Å². The van der Waals surface area contributed by atoms with Crippen LogP contribution in [0.1, 0.15) is 16.1 Å². The molecule has 0 fully saturated rings. The van der Waals surface area contributed by atoms with Crippen molar-refractivity contribution < 1.29 is 13.9 Å². The minimum absolute atomic E-state index is 0.0260. The SMILES string of the molecule is COc1cc(=O)n(-c2ccc(F)cc2)nc1C(=O)N1CCc2ccccc21. The van der Waals surface area contributed by atoms with Crippen LogP contribution in [-0.4, -0.2) is 29.3 Å². The lowest BCUT2D eigenvalue weighted by Gasteiger charge is -2.18. The molecule has 27 heavy (non-hydrogen) atoms. The summed E-state index contributed by atoms with van der Waals surface area (Å²) in [6.07, 6.45) is 0.752. The van der Waals surface area contributed by atoms with Crippen LogP contribution in [0.4, 0.5) is 10.1 Å². The number of ether oxygens (including phenoxy) is 1. The van der Waals surface area contributed by atoms with Crippen LogP contribution in [0.3, 0.4) is 0 Å². The molecule has 0 radical (unpaired) electrons. The normalized spacial score (nSPS) is 12.7. The van der Waals surface area contributed by atoms with Gasteiger partial charge in [0.05, 0.1) is 18.9 Å². The molecule has 7 heteroatoms. The van der Waals surface area contributed by atoms with Crippen LogP contribution < -0.4 is 15.2 Å². The predicted octanol–water partition coefficient (Wildman–Crippen LogP) is 2.58. The molecule has 2 aromatic carbocycles. The highest BCUT2D eigenvalue weighted by molar-refractivity contribution is 6.07. The Morgan fingerprint density at radius 2 is 1.89 bits per heavy atom. The van der Waals surface area contributed by atoms with Crippen LogP contribution in [-0.2, 0) is 6.42 Å². The smallest absolute Gasteiger partial charge is 0.282 e. The molecule has 1 aliphatic rings. The van der Waals surface area contributed by atoms with Crippen LogP contribution in [0.15, 0.2) is 59.4 Å². The minimum Gasteiger partial charge on any atom is -0.494 e. The summed E-state index contributed by atoms with van der Waals surface area (Å²) in [4.78, 5) is 27.2. The zero-order valence-electron chi connectivity index (χ0n) is 14.6. The summed E-state index contributed by atoms with van der Waals surface area (Å²) in [5.74, 6) is -0.675. The Kier molecular flexibility index (Phi) is 4.19. The molecule has 4 rings (SSSR count). The van der Waals surface area contributed by atoms with Gasteiger partial charge in [-0.05, 0) is 42.3 Å². The molecule has 0 saturated carbocycles. The van der Waals surface area contributed by atoms with E-state index in [1.54, 1.807) is 4.90 Å². The highest BCUT2D eigenvalue weighted by Gasteiger charge is 2.29. The number of para-hydroxylation sites is 1. The highest BCUT2D eigenvalue weighted by Crippen LogP contribution is 2.30. The van der Waals surface area contributed by atoms with Gasteiger partial charge in [-0.2, -0.15) is 9.78 Å². The second-order valence-corrected chi connectivity index (χ2v) is 6.12.